The summed E-state index contributed by atoms with van der Waals surface area (Å²) in [6.07, 6.45) is 6.20. The Labute approximate surface area is 168 Å². The molecule has 1 aliphatic carbocycles. The quantitative estimate of drug-likeness (QED) is 0.596. The molecule has 2 aliphatic rings. The Morgan fingerprint density at radius 1 is 1.39 bits per heavy atom. The molecule has 1 saturated carbocycles. The fourth-order valence-corrected chi connectivity index (χ4v) is 4.50. The molecule has 2 aromatic rings. The van der Waals surface area contributed by atoms with E-state index in [9.17, 15) is 4.79 Å². The molecule has 2 aromatic heterocycles. The summed E-state index contributed by atoms with van der Waals surface area (Å²) in [6.45, 7) is 5.49. The van der Waals surface area contributed by atoms with E-state index in [1.54, 1.807) is 10.9 Å². The minimum atomic E-state index is -0.549. The van der Waals surface area contributed by atoms with Crippen molar-refractivity contribution in [1.82, 2.24) is 19.7 Å². The first kappa shape index (κ1) is 19.4. The van der Waals surface area contributed by atoms with Gasteiger partial charge in [0.05, 0.1) is 17.7 Å². The molecule has 9 heteroatoms. The SMILES string of the molecule is CC[C@H]1O[C@@H](n2ncc3c(NC4CCCC4)nc(Cl)nc32)C(OC(C)=O)[C@@H]1C. The van der Waals surface area contributed by atoms with Crippen molar-refractivity contribution in [3.63, 3.8) is 0 Å². The molecule has 4 atom stereocenters. The van der Waals surface area contributed by atoms with E-state index < -0.39 is 12.3 Å². The van der Waals surface area contributed by atoms with Crippen molar-refractivity contribution in [2.45, 2.75) is 77.4 Å². The van der Waals surface area contributed by atoms with Gasteiger partial charge in [0.25, 0.3) is 0 Å². The highest BCUT2D eigenvalue weighted by Crippen LogP contribution is 2.39. The molecule has 1 saturated heterocycles. The lowest BCUT2D eigenvalue weighted by Gasteiger charge is -2.21. The second-order valence-electron chi connectivity index (χ2n) is 7.70. The van der Waals surface area contributed by atoms with E-state index in [-0.39, 0.29) is 23.3 Å². The lowest BCUT2D eigenvalue weighted by molar-refractivity contribution is -0.154. The largest absolute Gasteiger partial charge is 0.457 e. The van der Waals surface area contributed by atoms with Crippen LogP contribution in [0.25, 0.3) is 11.0 Å². The molecule has 1 unspecified atom stereocenters. The normalized spacial score (nSPS) is 28.1. The molecule has 8 nitrogen and oxygen atoms in total. The number of nitrogens with zero attached hydrogens (tertiary/aromatic N) is 4. The van der Waals surface area contributed by atoms with Crippen LogP contribution in [0.2, 0.25) is 5.28 Å². The fourth-order valence-electron chi connectivity index (χ4n) is 4.33. The second-order valence-corrected chi connectivity index (χ2v) is 8.04. The standard InChI is InChI=1S/C19H26ClN5O3/c1-4-14-10(2)15(27-11(3)26)18(28-14)25-17-13(9-21-25)16(23-19(20)24-17)22-12-7-5-6-8-12/h9-10,12,14-15,18H,4-8H2,1-3H3,(H,22,23,24)/t10-,14-,15?,18-/m1/s1. The molecular weight excluding hydrogens is 382 g/mol. The van der Waals surface area contributed by atoms with Crippen molar-refractivity contribution in [2.75, 3.05) is 5.32 Å². The number of ether oxygens (including phenoxy) is 2. The summed E-state index contributed by atoms with van der Waals surface area (Å²) in [6, 6.07) is 0.388. The third kappa shape index (κ3) is 3.55. The van der Waals surface area contributed by atoms with Crippen molar-refractivity contribution < 1.29 is 14.3 Å². The predicted molar refractivity (Wildman–Crippen MR) is 105 cm³/mol. The average Bonchev–Trinajstić information content (AvgIpc) is 3.36. The van der Waals surface area contributed by atoms with E-state index in [1.165, 1.54) is 19.8 Å². The molecular formula is C19H26ClN5O3. The van der Waals surface area contributed by atoms with Gasteiger partial charge in [-0.1, -0.05) is 26.7 Å². The maximum absolute atomic E-state index is 11.7. The fraction of sp³-hybridized carbons (Fsp3) is 0.684. The van der Waals surface area contributed by atoms with Crippen LogP contribution < -0.4 is 5.32 Å². The van der Waals surface area contributed by atoms with Crippen molar-refractivity contribution >= 4 is 34.4 Å². The van der Waals surface area contributed by atoms with Gasteiger partial charge in [-0.25, -0.2) is 4.68 Å². The minimum absolute atomic E-state index is 0.0259. The highest BCUT2D eigenvalue weighted by Gasteiger charge is 2.45. The number of aromatic nitrogens is 4. The van der Waals surface area contributed by atoms with E-state index in [0.717, 1.165) is 24.6 Å². The van der Waals surface area contributed by atoms with Crippen LogP contribution in [-0.2, 0) is 14.3 Å². The first-order valence-electron chi connectivity index (χ1n) is 9.98. The number of anilines is 1. The van der Waals surface area contributed by atoms with Gasteiger partial charge in [-0.15, -0.1) is 0 Å². The number of hydrogen-bond acceptors (Lipinski definition) is 7. The third-order valence-corrected chi connectivity index (χ3v) is 5.94. The van der Waals surface area contributed by atoms with Crippen molar-refractivity contribution in [2.24, 2.45) is 5.92 Å². The number of esters is 1. The topological polar surface area (TPSA) is 91.2 Å². The van der Waals surface area contributed by atoms with Gasteiger partial charge in [0, 0.05) is 18.9 Å². The Balaban J connectivity index is 1.71. The Bertz CT molecular complexity index is 867. The van der Waals surface area contributed by atoms with Gasteiger partial charge in [-0.3, -0.25) is 4.79 Å². The molecule has 0 bridgehead atoms. The predicted octanol–water partition coefficient (Wildman–Crippen LogP) is 3.71. The summed E-state index contributed by atoms with van der Waals surface area (Å²) in [7, 11) is 0. The van der Waals surface area contributed by atoms with Crippen molar-refractivity contribution in [1.29, 1.82) is 0 Å². The van der Waals surface area contributed by atoms with Crippen molar-refractivity contribution in [3.05, 3.63) is 11.5 Å². The van der Waals surface area contributed by atoms with Gasteiger partial charge in [-0.2, -0.15) is 15.1 Å². The Morgan fingerprint density at radius 2 is 2.14 bits per heavy atom. The summed E-state index contributed by atoms with van der Waals surface area (Å²) in [5, 5.41) is 8.94. The summed E-state index contributed by atoms with van der Waals surface area (Å²) in [5.74, 6) is 0.400. The molecule has 1 aliphatic heterocycles. The monoisotopic (exact) mass is 407 g/mol. The summed E-state index contributed by atoms with van der Waals surface area (Å²) in [5.41, 5.74) is 0.576. The van der Waals surface area contributed by atoms with Crippen LogP contribution in [-0.4, -0.2) is 44.0 Å². The maximum Gasteiger partial charge on any atom is 0.303 e. The number of carbonyl (C=O) groups is 1. The smallest absolute Gasteiger partial charge is 0.303 e. The van der Waals surface area contributed by atoms with Gasteiger partial charge in [-0.05, 0) is 30.9 Å². The number of carbonyl (C=O) groups excluding carboxylic acids is 1. The van der Waals surface area contributed by atoms with E-state index in [2.05, 4.69) is 27.3 Å². The van der Waals surface area contributed by atoms with E-state index >= 15 is 0 Å². The number of fused-ring (bicyclic) bond motifs is 1. The molecule has 152 valence electrons. The van der Waals surface area contributed by atoms with Crippen LogP contribution in [0.15, 0.2) is 6.20 Å². The van der Waals surface area contributed by atoms with Gasteiger partial charge in [0.1, 0.15) is 5.82 Å². The van der Waals surface area contributed by atoms with Gasteiger partial charge < -0.3 is 14.8 Å². The number of halogens is 1. The van der Waals surface area contributed by atoms with Gasteiger partial charge in [0.2, 0.25) is 5.28 Å². The summed E-state index contributed by atoms with van der Waals surface area (Å²) >= 11 is 6.22. The zero-order valence-electron chi connectivity index (χ0n) is 16.4. The number of nitrogens with one attached hydrogen (secondary N) is 1. The zero-order chi connectivity index (χ0) is 19.8. The van der Waals surface area contributed by atoms with E-state index in [1.807, 2.05) is 6.92 Å². The third-order valence-electron chi connectivity index (χ3n) is 5.77. The average molecular weight is 408 g/mol. The minimum Gasteiger partial charge on any atom is -0.457 e. The summed E-state index contributed by atoms with van der Waals surface area (Å²) in [4.78, 5) is 20.4. The van der Waals surface area contributed by atoms with Crippen LogP contribution in [0.3, 0.4) is 0 Å². The second kappa shape index (κ2) is 7.83. The van der Waals surface area contributed by atoms with Crippen molar-refractivity contribution in [3.8, 4) is 0 Å². The Hall–Kier alpha value is -1.93. The number of rotatable bonds is 5. The van der Waals surface area contributed by atoms with E-state index in [0.29, 0.717) is 17.5 Å². The molecule has 3 heterocycles. The molecule has 4 rings (SSSR count). The lowest BCUT2D eigenvalue weighted by Crippen LogP contribution is -2.30. The number of hydrogen-bond donors (Lipinski definition) is 1. The van der Waals surface area contributed by atoms with Crippen LogP contribution in [0, 0.1) is 5.92 Å². The first-order chi connectivity index (χ1) is 13.5. The highest BCUT2D eigenvalue weighted by molar-refractivity contribution is 6.28. The molecule has 0 spiro atoms. The maximum atomic E-state index is 11.7. The van der Waals surface area contributed by atoms with Gasteiger partial charge >= 0.3 is 5.97 Å². The van der Waals surface area contributed by atoms with Crippen LogP contribution in [0.5, 0.6) is 0 Å². The van der Waals surface area contributed by atoms with E-state index in [4.69, 9.17) is 21.1 Å². The molecule has 0 amide bonds. The molecule has 0 radical (unpaired) electrons. The molecule has 1 N–H and O–H groups in total. The summed E-state index contributed by atoms with van der Waals surface area (Å²) < 4.78 is 13.5. The van der Waals surface area contributed by atoms with Gasteiger partial charge in [0.15, 0.2) is 18.0 Å². The molecule has 28 heavy (non-hydrogen) atoms. The Morgan fingerprint density at radius 3 is 2.82 bits per heavy atom. The van der Waals surface area contributed by atoms with Crippen LogP contribution in [0.4, 0.5) is 5.82 Å². The Kier molecular flexibility index (Phi) is 5.42. The molecule has 2 fully saturated rings. The molecule has 0 aromatic carbocycles. The van der Waals surface area contributed by atoms with Crippen LogP contribution in [0.1, 0.15) is 59.1 Å². The zero-order valence-corrected chi connectivity index (χ0v) is 17.1. The highest BCUT2D eigenvalue weighted by atomic mass is 35.5. The van der Waals surface area contributed by atoms with Crippen LogP contribution >= 0.6 is 11.6 Å². The lowest BCUT2D eigenvalue weighted by atomic mass is 9.98. The first-order valence-corrected chi connectivity index (χ1v) is 10.4.